The van der Waals surface area contributed by atoms with E-state index >= 15 is 0 Å². The van der Waals surface area contributed by atoms with Crippen molar-refractivity contribution < 1.29 is 13.2 Å². The highest BCUT2D eigenvalue weighted by atomic mass is 32.2. The van der Waals surface area contributed by atoms with Crippen molar-refractivity contribution >= 4 is 21.6 Å². The van der Waals surface area contributed by atoms with E-state index < -0.39 is 15.9 Å². The van der Waals surface area contributed by atoms with Crippen molar-refractivity contribution in [3.05, 3.63) is 42.2 Å². The number of nitrogens with zero attached hydrogens (tertiary/aromatic N) is 2. The zero-order chi connectivity index (χ0) is 14.0. The Hall–Kier alpha value is -2.19. The van der Waals surface area contributed by atoms with Crippen molar-refractivity contribution in [3.8, 4) is 0 Å². The highest BCUT2D eigenvalue weighted by Gasteiger charge is 2.16. The van der Waals surface area contributed by atoms with Crippen LogP contribution in [0, 0.1) is 0 Å². The number of aromatic nitrogens is 2. The van der Waals surface area contributed by atoms with E-state index in [9.17, 15) is 13.2 Å². The van der Waals surface area contributed by atoms with Crippen molar-refractivity contribution in [1.82, 2.24) is 9.78 Å². The molecule has 0 aliphatic carbocycles. The van der Waals surface area contributed by atoms with E-state index in [1.165, 1.54) is 28.9 Å². The molecule has 1 amide bonds. The van der Waals surface area contributed by atoms with Crippen LogP contribution in [0.1, 0.15) is 10.5 Å². The number of nitrogens with one attached hydrogen (secondary N) is 1. The van der Waals surface area contributed by atoms with E-state index in [4.69, 9.17) is 5.14 Å². The van der Waals surface area contributed by atoms with Crippen LogP contribution in [0.3, 0.4) is 0 Å². The molecule has 0 fully saturated rings. The molecule has 7 nitrogen and oxygen atoms in total. The third kappa shape index (κ3) is 2.98. The lowest BCUT2D eigenvalue weighted by Crippen LogP contribution is -2.18. The molecule has 0 radical (unpaired) electrons. The van der Waals surface area contributed by atoms with Crippen LogP contribution in [-0.2, 0) is 17.1 Å². The molecular formula is C11H12N4O3S. The van der Waals surface area contributed by atoms with Gasteiger partial charge in [0.1, 0.15) is 4.90 Å². The van der Waals surface area contributed by atoms with Crippen LogP contribution in [0.25, 0.3) is 0 Å². The van der Waals surface area contributed by atoms with Crippen LogP contribution in [0.5, 0.6) is 0 Å². The van der Waals surface area contributed by atoms with Crippen molar-refractivity contribution in [1.29, 1.82) is 0 Å². The molecule has 0 bridgehead atoms. The first-order valence-electron chi connectivity index (χ1n) is 5.31. The number of hydrogen-bond donors (Lipinski definition) is 2. The molecule has 0 aliphatic heterocycles. The Labute approximate surface area is 110 Å². The molecule has 0 spiro atoms. The molecule has 100 valence electrons. The van der Waals surface area contributed by atoms with Crippen molar-refractivity contribution in [3.63, 3.8) is 0 Å². The van der Waals surface area contributed by atoms with Gasteiger partial charge in [-0.25, -0.2) is 13.6 Å². The van der Waals surface area contributed by atoms with Gasteiger partial charge in [-0.2, -0.15) is 5.10 Å². The van der Waals surface area contributed by atoms with Crippen LogP contribution in [0.2, 0.25) is 0 Å². The van der Waals surface area contributed by atoms with Crippen LogP contribution in [-0.4, -0.2) is 24.1 Å². The Kier molecular flexibility index (Phi) is 3.36. The number of carbonyl (C=O) groups excluding carboxylic acids is 1. The van der Waals surface area contributed by atoms with Crippen LogP contribution in [0.15, 0.2) is 41.4 Å². The maximum Gasteiger partial charge on any atom is 0.276 e. The molecule has 2 aromatic rings. The zero-order valence-electron chi connectivity index (χ0n) is 10.1. The largest absolute Gasteiger partial charge is 0.319 e. The predicted molar refractivity (Wildman–Crippen MR) is 69.0 cm³/mol. The number of aryl methyl sites for hydroxylation is 1. The summed E-state index contributed by atoms with van der Waals surface area (Å²) in [6, 6.07) is 7.43. The van der Waals surface area contributed by atoms with Gasteiger partial charge in [-0.15, -0.1) is 0 Å². The third-order valence-electron chi connectivity index (χ3n) is 2.39. The quantitative estimate of drug-likeness (QED) is 0.844. The highest BCUT2D eigenvalue weighted by molar-refractivity contribution is 7.89. The summed E-state index contributed by atoms with van der Waals surface area (Å²) >= 11 is 0. The summed E-state index contributed by atoms with van der Waals surface area (Å²) < 4.78 is 24.2. The lowest BCUT2D eigenvalue weighted by Gasteiger charge is -2.08. The second-order valence-corrected chi connectivity index (χ2v) is 5.40. The van der Waals surface area contributed by atoms with Gasteiger partial charge in [0.05, 0.1) is 5.69 Å². The van der Waals surface area contributed by atoms with Crippen LogP contribution in [0.4, 0.5) is 5.69 Å². The smallest absolute Gasteiger partial charge is 0.276 e. The molecule has 19 heavy (non-hydrogen) atoms. The van der Waals surface area contributed by atoms with Gasteiger partial charge >= 0.3 is 0 Å². The summed E-state index contributed by atoms with van der Waals surface area (Å²) in [6.07, 6.45) is 1.61. The number of nitrogens with two attached hydrogens (primary N) is 1. The summed E-state index contributed by atoms with van der Waals surface area (Å²) in [6.45, 7) is 0. The minimum atomic E-state index is -3.90. The van der Waals surface area contributed by atoms with E-state index in [1.807, 2.05) is 0 Å². The monoisotopic (exact) mass is 280 g/mol. The molecule has 1 aromatic carbocycles. The number of sulfonamides is 1. The molecule has 0 saturated heterocycles. The molecule has 2 rings (SSSR count). The van der Waals surface area contributed by atoms with Gasteiger partial charge in [0.25, 0.3) is 5.91 Å². The number of primary sulfonamides is 1. The SMILES string of the molecule is Cn1ccc(C(=O)Nc2ccccc2S(N)(=O)=O)n1. The Morgan fingerprint density at radius 2 is 2.00 bits per heavy atom. The number of rotatable bonds is 3. The first kappa shape index (κ1) is 13.2. The van der Waals surface area contributed by atoms with Crippen molar-refractivity contribution in [2.75, 3.05) is 5.32 Å². The van der Waals surface area contributed by atoms with Gasteiger partial charge in [0.2, 0.25) is 10.0 Å². The summed E-state index contributed by atoms with van der Waals surface area (Å²) in [5, 5.41) is 11.5. The summed E-state index contributed by atoms with van der Waals surface area (Å²) in [7, 11) is -2.22. The Bertz CT molecular complexity index is 721. The van der Waals surface area contributed by atoms with Gasteiger partial charge in [0.15, 0.2) is 5.69 Å². The van der Waals surface area contributed by atoms with Crippen LogP contribution >= 0.6 is 0 Å². The van der Waals surface area contributed by atoms with Crippen molar-refractivity contribution in [2.24, 2.45) is 12.2 Å². The van der Waals surface area contributed by atoms with Gasteiger partial charge in [0, 0.05) is 13.2 Å². The van der Waals surface area contributed by atoms with E-state index in [0.29, 0.717) is 0 Å². The number of carbonyl (C=O) groups is 1. The molecule has 3 N–H and O–H groups in total. The predicted octanol–water partition coefficient (Wildman–Crippen LogP) is 0.320. The maximum atomic E-state index is 11.9. The molecule has 1 aromatic heterocycles. The topological polar surface area (TPSA) is 107 Å². The number of anilines is 1. The molecule has 0 atom stereocenters. The second-order valence-electron chi connectivity index (χ2n) is 3.87. The molecule has 0 saturated carbocycles. The number of para-hydroxylation sites is 1. The lowest BCUT2D eigenvalue weighted by atomic mass is 10.3. The fraction of sp³-hybridized carbons (Fsp3) is 0.0909. The highest BCUT2D eigenvalue weighted by Crippen LogP contribution is 2.19. The number of hydrogen-bond acceptors (Lipinski definition) is 4. The van der Waals surface area contributed by atoms with Gasteiger partial charge in [-0.05, 0) is 18.2 Å². The first-order valence-corrected chi connectivity index (χ1v) is 6.85. The van der Waals surface area contributed by atoms with Crippen molar-refractivity contribution in [2.45, 2.75) is 4.90 Å². The summed E-state index contributed by atoms with van der Waals surface area (Å²) in [5.41, 5.74) is 0.312. The zero-order valence-corrected chi connectivity index (χ0v) is 10.9. The molecule has 8 heteroatoms. The summed E-state index contributed by atoms with van der Waals surface area (Å²) in [5.74, 6) is -0.503. The molecule has 0 unspecified atom stereocenters. The Balaban J connectivity index is 2.32. The summed E-state index contributed by atoms with van der Waals surface area (Å²) in [4.78, 5) is 11.7. The van der Waals surface area contributed by atoms with E-state index in [0.717, 1.165) is 0 Å². The van der Waals surface area contributed by atoms with Crippen LogP contribution < -0.4 is 10.5 Å². The maximum absolute atomic E-state index is 11.9. The molecular weight excluding hydrogens is 268 g/mol. The minimum Gasteiger partial charge on any atom is -0.319 e. The number of benzene rings is 1. The fourth-order valence-electron chi connectivity index (χ4n) is 1.54. The molecule has 1 heterocycles. The average molecular weight is 280 g/mol. The third-order valence-corrected chi connectivity index (χ3v) is 3.36. The standard InChI is InChI=1S/C11H12N4O3S/c1-15-7-6-9(14-15)11(16)13-8-4-2-3-5-10(8)19(12,17)18/h2-7H,1H3,(H,13,16)(H2,12,17,18). The lowest BCUT2D eigenvalue weighted by molar-refractivity contribution is 0.102. The minimum absolute atomic E-state index is 0.126. The van der Waals surface area contributed by atoms with Gasteiger partial charge in [-0.3, -0.25) is 9.48 Å². The van der Waals surface area contributed by atoms with Gasteiger partial charge in [-0.1, -0.05) is 12.1 Å². The van der Waals surface area contributed by atoms with E-state index in [-0.39, 0.29) is 16.3 Å². The fourth-order valence-corrected chi connectivity index (χ4v) is 2.23. The molecule has 0 aliphatic rings. The Morgan fingerprint density at radius 3 is 2.58 bits per heavy atom. The normalized spacial score (nSPS) is 11.3. The second kappa shape index (κ2) is 4.82. The Morgan fingerprint density at radius 1 is 1.32 bits per heavy atom. The van der Waals surface area contributed by atoms with Gasteiger partial charge < -0.3 is 5.32 Å². The van der Waals surface area contributed by atoms with E-state index in [1.54, 1.807) is 19.3 Å². The van der Waals surface area contributed by atoms with E-state index in [2.05, 4.69) is 10.4 Å². The average Bonchev–Trinajstić information content (AvgIpc) is 2.75. The number of amides is 1. The first-order chi connectivity index (χ1) is 8.88.